The number of rotatable bonds is 2. The maximum atomic E-state index is 12.3. The number of halogens is 3. The molecule has 82 valence electrons. The van der Waals surface area contributed by atoms with Gasteiger partial charge in [-0.1, -0.05) is 0 Å². The molecular formula is C7H7BF3NO3. The standard InChI is InChI=1S/C7H7BF3NO3/c1-15-5-2-4(8(13)14)3-12-6(5)7(9,10)11/h2-3,13-14H,1H3. The molecule has 0 radical (unpaired) electrons. The van der Waals surface area contributed by atoms with Crippen molar-refractivity contribution in [3.8, 4) is 5.75 Å². The molecule has 15 heavy (non-hydrogen) atoms. The van der Waals surface area contributed by atoms with Crippen LogP contribution in [0, 0.1) is 0 Å². The summed E-state index contributed by atoms with van der Waals surface area (Å²) in [6.07, 6.45) is -3.90. The van der Waals surface area contributed by atoms with E-state index in [1.165, 1.54) is 0 Å². The lowest BCUT2D eigenvalue weighted by Crippen LogP contribution is -2.31. The van der Waals surface area contributed by atoms with Crippen LogP contribution in [0.15, 0.2) is 12.3 Å². The van der Waals surface area contributed by atoms with Crippen LogP contribution in [0.4, 0.5) is 13.2 Å². The summed E-state index contributed by atoms with van der Waals surface area (Å²) in [5, 5.41) is 17.4. The molecule has 2 N–H and O–H groups in total. The largest absolute Gasteiger partial charge is 0.495 e. The third kappa shape index (κ3) is 2.60. The molecule has 0 aliphatic heterocycles. The van der Waals surface area contributed by atoms with Crippen LogP contribution in [-0.4, -0.2) is 29.3 Å². The first kappa shape index (κ1) is 11.8. The Labute approximate surface area is 83.5 Å². The zero-order valence-electron chi connectivity index (χ0n) is 7.62. The van der Waals surface area contributed by atoms with Gasteiger partial charge in [-0.2, -0.15) is 13.2 Å². The normalized spacial score (nSPS) is 11.3. The predicted octanol–water partition coefficient (Wildman–Crippen LogP) is -0.211. The first-order valence-corrected chi connectivity index (χ1v) is 3.83. The fourth-order valence-corrected chi connectivity index (χ4v) is 0.969. The van der Waals surface area contributed by atoms with Crippen LogP contribution >= 0.6 is 0 Å². The number of methoxy groups -OCH3 is 1. The van der Waals surface area contributed by atoms with Crippen molar-refractivity contribution in [3.05, 3.63) is 18.0 Å². The molecule has 0 atom stereocenters. The zero-order chi connectivity index (χ0) is 11.6. The van der Waals surface area contributed by atoms with Crippen LogP contribution in [-0.2, 0) is 6.18 Å². The van der Waals surface area contributed by atoms with Gasteiger partial charge < -0.3 is 14.8 Å². The lowest BCUT2D eigenvalue weighted by atomic mass is 9.81. The molecule has 0 saturated heterocycles. The van der Waals surface area contributed by atoms with Crippen LogP contribution in [0.1, 0.15) is 5.69 Å². The molecule has 0 spiro atoms. The van der Waals surface area contributed by atoms with Crippen LogP contribution in [0.3, 0.4) is 0 Å². The molecule has 1 aromatic rings. The van der Waals surface area contributed by atoms with E-state index in [-0.39, 0.29) is 5.46 Å². The Morgan fingerprint density at radius 1 is 1.40 bits per heavy atom. The molecule has 0 bridgehead atoms. The predicted molar refractivity (Wildman–Crippen MR) is 45.6 cm³/mol. The van der Waals surface area contributed by atoms with Gasteiger partial charge in [0.1, 0.15) is 5.75 Å². The van der Waals surface area contributed by atoms with Gasteiger partial charge in [0.2, 0.25) is 0 Å². The summed E-state index contributed by atoms with van der Waals surface area (Å²) in [4.78, 5) is 3.07. The number of nitrogens with zero attached hydrogens (tertiary/aromatic N) is 1. The average molecular weight is 221 g/mol. The van der Waals surface area contributed by atoms with Crippen molar-refractivity contribution >= 4 is 12.6 Å². The highest BCUT2D eigenvalue weighted by Gasteiger charge is 2.36. The Kier molecular flexibility index (Phi) is 3.20. The number of hydrogen-bond acceptors (Lipinski definition) is 4. The summed E-state index contributed by atoms with van der Waals surface area (Å²) in [5.41, 5.74) is -1.37. The average Bonchev–Trinajstić information content (AvgIpc) is 2.15. The van der Waals surface area contributed by atoms with Gasteiger partial charge in [0.25, 0.3) is 0 Å². The smallest absolute Gasteiger partial charge is 0.490 e. The highest BCUT2D eigenvalue weighted by atomic mass is 19.4. The van der Waals surface area contributed by atoms with Gasteiger partial charge in [-0.25, -0.2) is 4.98 Å². The molecular weight excluding hydrogens is 214 g/mol. The fraction of sp³-hybridized carbons (Fsp3) is 0.286. The maximum absolute atomic E-state index is 12.3. The zero-order valence-corrected chi connectivity index (χ0v) is 7.62. The van der Waals surface area contributed by atoms with E-state index in [1.54, 1.807) is 0 Å². The summed E-state index contributed by atoms with van der Waals surface area (Å²) in [6.45, 7) is 0. The molecule has 0 unspecified atom stereocenters. The van der Waals surface area contributed by atoms with Gasteiger partial charge in [0.05, 0.1) is 7.11 Å². The molecule has 0 saturated carbocycles. The van der Waals surface area contributed by atoms with Gasteiger partial charge >= 0.3 is 13.3 Å². The lowest BCUT2D eigenvalue weighted by Gasteiger charge is -2.11. The number of hydrogen-bond donors (Lipinski definition) is 2. The van der Waals surface area contributed by atoms with E-state index >= 15 is 0 Å². The van der Waals surface area contributed by atoms with E-state index in [2.05, 4.69) is 9.72 Å². The monoisotopic (exact) mass is 221 g/mol. The van der Waals surface area contributed by atoms with Gasteiger partial charge in [-0.05, 0) is 6.07 Å². The third-order valence-electron chi connectivity index (χ3n) is 1.66. The van der Waals surface area contributed by atoms with E-state index in [9.17, 15) is 13.2 Å². The van der Waals surface area contributed by atoms with Gasteiger partial charge in [0, 0.05) is 11.7 Å². The number of pyridine rings is 1. The Balaban J connectivity index is 3.21. The third-order valence-corrected chi connectivity index (χ3v) is 1.66. The summed E-state index contributed by atoms with van der Waals surface area (Å²) in [6, 6.07) is 0.875. The summed E-state index contributed by atoms with van der Waals surface area (Å²) in [5.74, 6) is -0.548. The second-order valence-electron chi connectivity index (χ2n) is 2.69. The Morgan fingerprint density at radius 3 is 2.40 bits per heavy atom. The Bertz CT molecular complexity index is 356. The molecule has 1 rings (SSSR count). The molecule has 4 nitrogen and oxygen atoms in total. The first-order valence-electron chi connectivity index (χ1n) is 3.83. The molecule has 1 aromatic heterocycles. The van der Waals surface area contributed by atoms with Crippen molar-refractivity contribution in [1.29, 1.82) is 0 Å². The fourth-order valence-electron chi connectivity index (χ4n) is 0.969. The highest BCUT2D eigenvalue weighted by Crippen LogP contribution is 2.33. The quantitative estimate of drug-likeness (QED) is 0.678. The SMILES string of the molecule is COc1cc(B(O)O)cnc1C(F)(F)F. The van der Waals surface area contributed by atoms with Crippen LogP contribution in [0.5, 0.6) is 5.75 Å². The van der Waals surface area contributed by atoms with Crippen molar-refractivity contribution < 1.29 is 28.0 Å². The van der Waals surface area contributed by atoms with Gasteiger partial charge in [-0.15, -0.1) is 0 Å². The number of aromatic nitrogens is 1. The van der Waals surface area contributed by atoms with Gasteiger partial charge in [0.15, 0.2) is 5.69 Å². The topological polar surface area (TPSA) is 62.6 Å². The van der Waals surface area contributed by atoms with E-state index in [0.717, 1.165) is 19.4 Å². The van der Waals surface area contributed by atoms with E-state index < -0.39 is 24.7 Å². The minimum Gasteiger partial charge on any atom is -0.495 e. The van der Waals surface area contributed by atoms with Crippen molar-refractivity contribution in [1.82, 2.24) is 4.98 Å². The molecule has 0 fully saturated rings. The lowest BCUT2D eigenvalue weighted by molar-refractivity contribution is -0.142. The first-order chi connectivity index (χ1) is 6.86. The maximum Gasteiger partial charge on any atom is 0.490 e. The molecule has 0 aliphatic carbocycles. The van der Waals surface area contributed by atoms with Crippen LogP contribution in [0.25, 0.3) is 0 Å². The second-order valence-corrected chi connectivity index (χ2v) is 2.69. The van der Waals surface area contributed by atoms with Crippen LogP contribution < -0.4 is 10.2 Å². The molecule has 0 aromatic carbocycles. The van der Waals surface area contributed by atoms with Crippen molar-refractivity contribution in [3.63, 3.8) is 0 Å². The second kappa shape index (κ2) is 4.07. The molecule has 0 aliphatic rings. The summed E-state index contributed by atoms with van der Waals surface area (Å²) >= 11 is 0. The molecule has 1 heterocycles. The molecule has 8 heteroatoms. The van der Waals surface area contributed by atoms with Gasteiger partial charge in [-0.3, -0.25) is 0 Å². The molecule has 0 amide bonds. The minimum atomic E-state index is -4.63. The highest BCUT2D eigenvalue weighted by molar-refractivity contribution is 6.58. The van der Waals surface area contributed by atoms with E-state index in [1.807, 2.05) is 0 Å². The Morgan fingerprint density at radius 2 is 2.00 bits per heavy atom. The number of alkyl halides is 3. The number of ether oxygens (including phenoxy) is 1. The van der Waals surface area contributed by atoms with Crippen molar-refractivity contribution in [2.24, 2.45) is 0 Å². The van der Waals surface area contributed by atoms with Crippen molar-refractivity contribution in [2.75, 3.05) is 7.11 Å². The minimum absolute atomic E-state index is 0.167. The van der Waals surface area contributed by atoms with E-state index in [0.29, 0.717) is 0 Å². The Hall–Kier alpha value is -1.28. The van der Waals surface area contributed by atoms with Crippen LogP contribution in [0.2, 0.25) is 0 Å². The summed E-state index contributed by atoms with van der Waals surface area (Å²) < 4.78 is 41.4. The van der Waals surface area contributed by atoms with E-state index in [4.69, 9.17) is 10.0 Å². The van der Waals surface area contributed by atoms with Crippen molar-refractivity contribution in [2.45, 2.75) is 6.18 Å². The summed E-state index contributed by atoms with van der Waals surface area (Å²) in [7, 11) is -0.839.